The second-order valence-electron chi connectivity index (χ2n) is 9.31. The first-order chi connectivity index (χ1) is 15.3. The molecule has 32 heavy (non-hydrogen) atoms. The lowest BCUT2D eigenvalue weighted by molar-refractivity contribution is -0.127. The van der Waals surface area contributed by atoms with E-state index in [2.05, 4.69) is 17.6 Å². The van der Waals surface area contributed by atoms with Gasteiger partial charge in [0.15, 0.2) is 6.10 Å². The lowest BCUT2D eigenvalue weighted by atomic mass is 9.87. The third-order valence-corrected chi connectivity index (χ3v) is 8.86. The van der Waals surface area contributed by atoms with E-state index in [0.29, 0.717) is 43.8 Å². The number of nitrogens with one attached hydrogen (secondary N) is 2. The van der Waals surface area contributed by atoms with Gasteiger partial charge in [0.25, 0.3) is 5.91 Å². The van der Waals surface area contributed by atoms with Crippen molar-refractivity contribution in [2.75, 3.05) is 18.4 Å². The quantitative estimate of drug-likeness (QED) is 0.699. The van der Waals surface area contributed by atoms with E-state index < -0.39 is 16.1 Å². The van der Waals surface area contributed by atoms with Gasteiger partial charge in [0.1, 0.15) is 5.75 Å². The fourth-order valence-electron chi connectivity index (χ4n) is 4.79. The minimum Gasteiger partial charge on any atom is -0.478 e. The Kier molecular flexibility index (Phi) is 6.76. The molecular weight excluding hydrogens is 430 g/mol. The second-order valence-corrected chi connectivity index (χ2v) is 11.2. The van der Waals surface area contributed by atoms with Crippen LogP contribution in [0.15, 0.2) is 23.1 Å². The highest BCUT2D eigenvalue weighted by molar-refractivity contribution is 7.89. The van der Waals surface area contributed by atoms with Crippen LogP contribution in [0.5, 0.6) is 5.75 Å². The molecule has 8 nitrogen and oxygen atoms in total. The third-order valence-electron chi connectivity index (χ3n) is 6.97. The first-order valence-electron chi connectivity index (χ1n) is 11.7. The number of hydrogen-bond donors (Lipinski definition) is 2. The summed E-state index contributed by atoms with van der Waals surface area (Å²) in [7, 11) is -3.72. The molecule has 2 aliphatic heterocycles. The van der Waals surface area contributed by atoms with Crippen molar-refractivity contribution in [1.82, 2.24) is 9.62 Å². The molecule has 176 valence electrons. The highest BCUT2D eigenvalue weighted by Gasteiger charge is 2.34. The molecule has 1 aliphatic carbocycles. The number of carbonyl (C=O) groups excluding carboxylic acids is 2. The number of anilines is 1. The lowest BCUT2D eigenvalue weighted by Gasteiger charge is -2.33. The molecule has 2 N–H and O–H groups in total. The minimum absolute atomic E-state index is 0.0562. The average Bonchev–Trinajstić information content (AvgIpc) is 2.79. The van der Waals surface area contributed by atoms with Crippen LogP contribution in [0.4, 0.5) is 5.69 Å². The van der Waals surface area contributed by atoms with Gasteiger partial charge in [0.2, 0.25) is 15.9 Å². The Bertz CT molecular complexity index is 964. The fourth-order valence-corrected chi connectivity index (χ4v) is 6.29. The van der Waals surface area contributed by atoms with Crippen molar-refractivity contribution in [1.29, 1.82) is 0 Å². The number of amides is 2. The Morgan fingerprint density at radius 3 is 2.50 bits per heavy atom. The number of ether oxygens (including phenoxy) is 1. The summed E-state index contributed by atoms with van der Waals surface area (Å²) in [5, 5.41) is 5.92. The zero-order valence-corrected chi connectivity index (χ0v) is 19.6. The molecule has 2 amide bonds. The van der Waals surface area contributed by atoms with E-state index in [1.807, 2.05) is 6.92 Å². The summed E-state index contributed by atoms with van der Waals surface area (Å²) < 4.78 is 33.4. The standard InChI is InChI=1S/C23H33N3O5S/c1-3-20-23(28)25-19-14-18(8-9-21(19)31-20)32(29,30)26-12-10-16(11-13-26)22(27)24-17-6-4-15(2)5-7-17/h8-9,14-17,20H,3-7,10-13H2,1-2H3,(H,24,27)(H,25,28)/t15?,17?,20-/m0/s1. The van der Waals surface area contributed by atoms with Gasteiger partial charge in [-0.1, -0.05) is 13.8 Å². The number of piperidine rings is 1. The first-order valence-corrected chi connectivity index (χ1v) is 13.1. The van der Waals surface area contributed by atoms with E-state index in [0.717, 1.165) is 31.6 Å². The van der Waals surface area contributed by atoms with Crippen LogP contribution in [-0.4, -0.2) is 49.8 Å². The van der Waals surface area contributed by atoms with Crippen LogP contribution in [0.1, 0.15) is 58.8 Å². The molecule has 1 aromatic rings. The van der Waals surface area contributed by atoms with Gasteiger partial charge in [0, 0.05) is 25.0 Å². The van der Waals surface area contributed by atoms with E-state index >= 15 is 0 Å². The maximum absolute atomic E-state index is 13.2. The SMILES string of the molecule is CC[C@@H]1Oc2ccc(S(=O)(=O)N3CCC(C(=O)NC4CCC(C)CC4)CC3)cc2NC1=O. The number of nitrogens with zero attached hydrogens (tertiary/aromatic N) is 1. The number of benzene rings is 1. The monoisotopic (exact) mass is 463 g/mol. The van der Waals surface area contributed by atoms with Gasteiger partial charge in [-0.2, -0.15) is 4.31 Å². The van der Waals surface area contributed by atoms with E-state index in [9.17, 15) is 18.0 Å². The molecule has 1 atom stereocenters. The van der Waals surface area contributed by atoms with Gasteiger partial charge in [0.05, 0.1) is 10.6 Å². The first kappa shape index (κ1) is 23.0. The van der Waals surface area contributed by atoms with Crippen molar-refractivity contribution in [2.24, 2.45) is 11.8 Å². The van der Waals surface area contributed by atoms with E-state index in [1.54, 1.807) is 6.07 Å². The molecule has 9 heteroatoms. The summed E-state index contributed by atoms with van der Waals surface area (Å²) in [5.74, 6) is 0.841. The number of carbonyl (C=O) groups is 2. The molecule has 0 bridgehead atoms. The van der Waals surface area contributed by atoms with Crippen molar-refractivity contribution in [3.05, 3.63) is 18.2 Å². The van der Waals surface area contributed by atoms with Gasteiger partial charge in [-0.25, -0.2) is 8.42 Å². The largest absolute Gasteiger partial charge is 0.478 e. The predicted octanol–water partition coefficient (Wildman–Crippen LogP) is 2.89. The number of sulfonamides is 1. The highest BCUT2D eigenvalue weighted by Crippen LogP contribution is 2.34. The maximum Gasteiger partial charge on any atom is 0.265 e. The Morgan fingerprint density at radius 2 is 1.84 bits per heavy atom. The Balaban J connectivity index is 1.36. The normalized spacial score (nSPS) is 27.2. The zero-order valence-electron chi connectivity index (χ0n) is 18.8. The Labute approximate surface area is 190 Å². The van der Waals surface area contributed by atoms with Gasteiger partial charge in [-0.05, 0) is 69.1 Å². The van der Waals surface area contributed by atoms with Crippen LogP contribution in [0.2, 0.25) is 0 Å². The number of hydrogen-bond acceptors (Lipinski definition) is 5. The summed E-state index contributed by atoms with van der Waals surface area (Å²) in [6.07, 6.45) is 5.34. The van der Waals surface area contributed by atoms with E-state index in [1.165, 1.54) is 16.4 Å². The summed E-state index contributed by atoms with van der Waals surface area (Å²) in [5.41, 5.74) is 0.372. The molecule has 2 fully saturated rings. The van der Waals surface area contributed by atoms with Crippen LogP contribution in [-0.2, 0) is 19.6 Å². The molecule has 1 saturated heterocycles. The number of fused-ring (bicyclic) bond motifs is 1. The van der Waals surface area contributed by atoms with Crippen LogP contribution in [0.3, 0.4) is 0 Å². The molecule has 0 unspecified atom stereocenters. The molecule has 4 rings (SSSR count). The molecule has 3 aliphatic rings. The summed E-state index contributed by atoms with van der Waals surface area (Å²) in [6, 6.07) is 4.81. The molecule has 1 saturated carbocycles. The van der Waals surface area contributed by atoms with Crippen molar-refractivity contribution in [2.45, 2.75) is 75.8 Å². The van der Waals surface area contributed by atoms with Crippen LogP contribution in [0, 0.1) is 11.8 Å². The van der Waals surface area contributed by atoms with Gasteiger partial charge in [-0.3, -0.25) is 9.59 Å². The van der Waals surface area contributed by atoms with Crippen molar-refractivity contribution < 1.29 is 22.7 Å². The summed E-state index contributed by atoms with van der Waals surface area (Å²) in [4.78, 5) is 24.9. The molecular formula is C23H33N3O5S. The Morgan fingerprint density at radius 1 is 1.16 bits per heavy atom. The van der Waals surface area contributed by atoms with Gasteiger partial charge < -0.3 is 15.4 Å². The van der Waals surface area contributed by atoms with Crippen molar-refractivity contribution >= 4 is 27.5 Å². The molecule has 0 spiro atoms. The van der Waals surface area contributed by atoms with Gasteiger partial charge >= 0.3 is 0 Å². The fraction of sp³-hybridized carbons (Fsp3) is 0.652. The van der Waals surface area contributed by atoms with Crippen molar-refractivity contribution in [3.8, 4) is 5.75 Å². The van der Waals surface area contributed by atoms with Crippen molar-refractivity contribution in [3.63, 3.8) is 0 Å². The lowest BCUT2D eigenvalue weighted by Crippen LogP contribution is -2.46. The molecule has 0 aromatic heterocycles. The molecule has 1 aromatic carbocycles. The third kappa shape index (κ3) is 4.78. The van der Waals surface area contributed by atoms with E-state index in [-0.39, 0.29) is 28.7 Å². The topological polar surface area (TPSA) is 105 Å². The summed E-state index contributed by atoms with van der Waals surface area (Å²) in [6.45, 7) is 4.72. The van der Waals surface area contributed by atoms with Crippen LogP contribution in [0.25, 0.3) is 0 Å². The highest BCUT2D eigenvalue weighted by atomic mass is 32.2. The minimum atomic E-state index is -3.72. The smallest absolute Gasteiger partial charge is 0.265 e. The van der Waals surface area contributed by atoms with Gasteiger partial charge in [-0.15, -0.1) is 0 Å². The second kappa shape index (κ2) is 9.39. The zero-order chi connectivity index (χ0) is 22.9. The predicted molar refractivity (Wildman–Crippen MR) is 121 cm³/mol. The Hall–Kier alpha value is -2.13. The molecule has 2 heterocycles. The summed E-state index contributed by atoms with van der Waals surface area (Å²) >= 11 is 0. The van der Waals surface area contributed by atoms with E-state index in [4.69, 9.17) is 4.74 Å². The van der Waals surface area contributed by atoms with Crippen LogP contribution >= 0.6 is 0 Å². The number of rotatable bonds is 5. The van der Waals surface area contributed by atoms with Crippen LogP contribution < -0.4 is 15.4 Å². The average molecular weight is 464 g/mol. The maximum atomic E-state index is 13.2. The molecule has 0 radical (unpaired) electrons.